The van der Waals surface area contributed by atoms with Crippen LogP contribution in [0.2, 0.25) is 0 Å². The van der Waals surface area contributed by atoms with Gasteiger partial charge >= 0.3 is 6.18 Å². The third-order valence-corrected chi connectivity index (χ3v) is 6.25. The third kappa shape index (κ3) is 7.99. The van der Waals surface area contributed by atoms with Crippen molar-refractivity contribution in [2.75, 3.05) is 38.4 Å². The van der Waals surface area contributed by atoms with Gasteiger partial charge in [0.15, 0.2) is 0 Å². The number of ether oxygens (including phenoxy) is 2. The van der Waals surface area contributed by atoms with Gasteiger partial charge in [0.1, 0.15) is 29.4 Å². The summed E-state index contributed by atoms with van der Waals surface area (Å²) in [6.45, 7) is 3.74. The number of amides is 1. The summed E-state index contributed by atoms with van der Waals surface area (Å²) in [7, 11) is 5.27. The Kier molecular flexibility index (Phi) is 9.22. The van der Waals surface area contributed by atoms with Gasteiger partial charge in [-0.25, -0.2) is 9.97 Å². The summed E-state index contributed by atoms with van der Waals surface area (Å²) >= 11 is 0. The van der Waals surface area contributed by atoms with Crippen LogP contribution in [0.4, 0.5) is 30.4 Å². The first-order valence-electron chi connectivity index (χ1n) is 13.2. The summed E-state index contributed by atoms with van der Waals surface area (Å²) in [5.74, 6) is 0.667. The van der Waals surface area contributed by atoms with Gasteiger partial charge in [0.05, 0.1) is 29.5 Å². The van der Waals surface area contributed by atoms with Crippen molar-refractivity contribution in [1.29, 1.82) is 0 Å². The van der Waals surface area contributed by atoms with Crippen LogP contribution >= 0.6 is 0 Å². The third-order valence-electron chi connectivity index (χ3n) is 6.25. The molecule has 43 heavy (non-hydrogen) atoms. The van der Waals surface area contributed by atoms with Crippen LogP contribution < -0.4 is 20.1 Å². The molecule has 0 fully saturated rings. The Morgan fingerprint density at radius 2 is 1.77 bits per heavy atom. The van der Waals surface area contributed by atoms with Gasteiger partial charge in [-0.2, -0.15) is 13.2 Å². The Labute approximate surface area is 247 Å². The number of carbonyl (C=O) groups is 1. The molecule has 0 spiro atoms. The van der Waals surface area contributed by atoms with E-state index in [0.717, 1.165) is 12.1 Å². The molecule has 0 saturated heterocycles. The normalized spacial score (nSPS) is 12.1. The number of rotatable bonds is 10. The molecule has 3 N–H and O–H groups in total. The number of carbonyl (C=O) groups excluding carboxylic acids is 1. The second kappa shape index (κ2) is 12.7. The highest BCUT2D eigenvalue weighted by Crippen LogP contribution is 2.38. The Balaban J connectivity index is 1.67. The number of anilines is 3. The maximum absolute atomic E-state index is 13.2. The molecule has 0 bridgehead atoms. The van der Waals surface area contributed by atoms with E-state index in [2.05, 4.69) is 20.6 Å². The largest absolute Gasteiger partial charge is 0.494 e. The number of methoxy groups -OCH3 is 1. The topological polar surface area (TPSA) is 109 Å². The van der Waals surface area contributed by atoms with Crippen molar-refractivity contribution in [2.24, 2.45) is 0 Å². The first-order chi connectivity index (χ1) is 20.2. The molecule has 3 aromatic carbocycles. The molecule has 0 aliphatic heterocycles. The maximum atomic E-state index is 13.2. The summed E-state index contributed by atoms with van der Waals surface area (Å²) in [5, 5.41) is 17.6. The lowest BCUT2D eigenvalue weighted by Crippen LogP contribution is -2.18. The summed E-state index contributed by atoms with van der Waals surface area (Å²) < 4.78 is 50.7. The first kappa shape index (κ1) is 31.3. The molecule has 1 amide bonds. The van der Waals surface area contributed by atoms with Crippen LogP contribution in [0.3, 0.4) is 0 Å². The van der Waals surface area contributed by atoms with Gasteiger partial charge < -0.3 is 30.1 Å². The molecule has 0 aliphatic rings. The lowest BCUT2D eigenvalue weighted by Gasteiger charge is -2.23. The fourth-order valence-corrected chi connectivity index (χ4v) is 4.20. The average molecular weight is 596 g/mol. The lowest BCUT2D eigenvalue weighted by molar-refractivity contribution is -0.137. The minimum absolute atomic E-state index is 0.000826. The number of aromatic nitrogens is 2. The zero-order valence-corrected chi connectivity index (χ0v) is 24.3. The van der Waals surface area contributed by atoms with E-state index >= 15 is 0 Å². The van der Waals surface area contributed by atoms with E-state index in [9.17, 15) is 23.1 Å². The van der Waals surface area contributed by atoms with Gasteiger partial charge in [-0.1, -0.05) is 12.1 Å². The number of hydrogen-bond donors (Lipinski definition) is 3. The van der Waals surface area contributed by atoms with Crippen LogP contribution in [0.1, 0.15) is 25.0 Å². The fourth-order valence-electron chi connectivity index (χ4n) is 4.20. The molecule has 1 heterocycles. The highest BCUT2D eigenvalue weighted by molar-refractivity contribution is 6.03. The second-order valence-corrected chi connectivity index (χ2v) is 10.5. The molecule has 0 saturated carbocycles. The number of fused-ring (bicyclic) bond motifs is 1. The Morgan fingerprint density at radius 1 is 1.02 bits per heavy atom. The Morgan fingerprint density at radius 3 is 2.44 bits per heavy atom. The average Bonchev–Trinajstić information content (AvgIpc) is 2.92. The lowest BCUT2D eigenvalue weighted by atomic mass is 9.96. The van der Waals surface area contributed by atoms with Crippen LogP contribution in [-0.2, 0) is 16.6 Å². The number of alkyl halides is 3. The predicted molar refractivity (Wildman–Crippen MR) is 159 cm³/mol. The molecule has 226 valence electrons. The van der Waals surface area contributed by atoms with Gasteiger partial charge in [0.2, 0.25) is 5.91 Å². The van der Waals surface area contributed by atoms with Crippen molar-refractivity contribution >= 4 is 34.0 Å². The zero-order valence-electron chi connectivity index (χ0n) is 24.3. The van der Waals surface area contributed by atoms with Gasteiger partial charge in [-0.15, -0.1) is 0 Å². The number of likely N-dealkylation sites (N-methyl/N-ethyl adjacent to an activating group) is 1. The fraction of sp³-hybridized carbons (Fsp3) is 0.258. The quantitative estimate of drug-likeness (QED) is 0.179. The number of aliphatic hydroxyl groups is 1. The SMILES string of the molecule is COc1cc2ncnc(Nc3ccc(Oc4cccc(C(F)(F)F)c4)cc3C(C)(C)O)c2cc1NC(=O)C=CCN(C)C. The van der Waals surface area contributed by atoms with Crippen LogP contribution in [-0.4, -0.2) is 53.6 Å². The van der Waals surface area contributed by atoms with Crippen molar-refractivity contribution < 1.29 is 32.5 Å². The van der Waals surface area contributed by atoms with Crippen molar-refractivity contribution in [1.82, 2.24) is 14.9 Å². The Hall–Kier alpha value is -4.68. The Bertz CT molecular complexity index is 1650. The van der Waals surface area contributed by atoms with E-state index in [4.69, 9.17) is 9.47 Å². The van der Waals surface area contributed by atoms with Gasteiger partial charge in [-0.3, -0.25) is 4.79 Å². The monoisotopic (exact) mass is 595 g/mol. The van der Waals surface area contributed by atoms with E-state index in [1.54, 1.807) is 50.3 Å². The van der Waals surface area contributed by atoms with E-state index in [-0.39, 0.29) is 17.4 Å². The van der Waals surface area contributed by atoms with Crippen molar-refractivity contribution in [3.8, 4) is 17.2 Å². The summed E-state index contributed by atoms with van der Waals surface area (Å²) in [6, 6.07) is 12.6. The molecule has 1 aromatic heterocycles. The molecule has 4 rings (SSSR count). The number of benzene rings is 3. The molecule has 9 nitrogen and oxygen atoms in total. The molecular weight excluding hydrogens is 563 g/mol. The standard InChI is InChI=1S/C31H32F3N5O4/c1-30(2,41)23-15-21(43-20-9-6-8-19(14-20)31(32,33)34)11-12-24(23)38-29-22-16-26(37-28(40)10-7-13-39(3)4)27(42-5)17-25(22)35-18-36-29/h6-12,14-18,41H,13H2,1-5H3,(H,37,40)(H,35,36,38). The highest BCUT2D eigenvalue weighted by atomic mass is 19.4. The molecular formula is C31H32F3N5O4. The van der Waals surface area contributed by atoms with Crippen LogP contribution in [0.15, 0.2) is 73.1 Å². The van der Waals surface area contributed by atoms with Crippen molar-refractivity contribution in [3.05, 3.63) is 84.2 Å². The first-order valence-corrected chi connectivity index (χ1v) is 13.2. The minimum atomic E-state index is -4.51. The molecule has 0 unspecified atom stereocenters. The summed E-state index contributed by atoms with van der Waals surface area (Å²) in [6.07, 6.45) is 0.0167. The van der Waals surface area contributed by atoms with Crippen LogP contribution in [0.25, 0.3) is 10.9 Å². The van der Waals surface area contributed by atoms with E-state index in [0.29, 0.717) is 46.0 Å². The minimum Gasteiger partial charge on any atom is -0.494 e. The maximum Gasteiger partial charge on any atom is 0.416 e. The second-order valence-electron chi connectivity index (χ2n) is 10.5. The van der Waals surface area contributed by atoms with E-state index < -0.39 is 17.3 Å². The molecule has 0 atom stereocenters. The van der Waals surface area contributed by atoms with Crippen molar-refractivity contribution in [2.45, 2.75) is 25.6 Å². The van der Waals surface area contributed by atoms with Gasteiger partial charge in [-0.05, 0) is 70.4 Å². The number of nitrogens with zero attached hydrogens (tertiary/aromatic N) is 3. The highest BCUT2D eigenvalue weighted by Gasteiger charge is 2.30. The van der Waals surface area contributed by atoms with E-state index in [1.807, 2.05) is 19.0 Å². The summed E-state index contributed by atoms with van der Waals surface area (Å²) in [5.41, 5.74) is -0.406. The smallest absolute Gasteiger partial charge is 0.416 e. The number of hydrogen-bond acceptors (Lipinski definition) is 8. The predicted octanol–water partition coefficient (Wildman–Crippen LogP) is 6.48. The molecule has 0 aliphatic carbocycles. The van der Waals surface area contributed by atoms with Gasteiger partial charge in [0, 0.05) is 35.3 Å². The molecule has 0 radical (unpaired) electrons. The zero-order chi connectivity index (χ0) is 31.4. The van der Waals surface area contributed by atoms with E-state index in [1.165, 1.54) is 31.6 Å². The number of halogens is 3. The molecule has 4 aromatic rings. The van der Waals surface area contributed by atoms with Crippen molar-refractivity contribution in [3.63, 3.8) is 0 Å². The molecule has 12 heteroatoms. The summed E-state index contributed by atoms with van der Waals surface area (Å²) in [4.78, 5) is 23.2. The van der Waals surface area contributed by atoms with Crippen LogP contribution in [0, 0.1) is 0 Å². The number of nitrogens with one attached hydrogen (secondary N) is 2. The van der Waals surface area contributed by atoms with Crippen LogP contribution in [0.5, 0.6) is 17.2 Å². The van der Waals surface area contributed by atoms with Gasteiger partial charge in [0.25, 0.3) is 0 Å².